The average molecular weight is 229 g/mol. The van der Waals surface area contributed by atoms with Crippen LogP contribution in [0.1, 0.15) is 21.9 Å². The van der Waals surface area contributed by atoms with E-state index in [1.807, 2.05) is 19.9 Å². The maximum atomic E-state index is 11.7. The Morgan fingerprint density at radius 3 is 2.47 bits per heavy atom. The van der Waals surface area contributed by atoms with Gasteiger partial charge < -0.3 is 0 Å². The second-order valence-corrected chi connectivity index (χ2v) is 3.52. The molecular formula is C11H11N5O. The van der Waals surface area contributed by atoms with Crippen LogP contribution in [0.3, 0.4) is 0 Å². The Morgan fingerprint density at radius 1 is 1.18 bits per heavy atom. The number of rotatable bonds is 2. The summed E-state index contributed by atoms with van der Waals surface area (Å²) in [6.07, 6.45) is 4.35. The zero-order valence-corrected chi connectivity index (χ0v) is 9.51. The van der Waals surface area contributed by atoms with Gasteiger partial charge in [-0.2, -0.15) is 0 Å². The third-order valence-corrected chi connectivity index (χ3v) is 2.00. The minimum absolute atomic E-state index is 0.232. The smallest absolute Gasteiger partial charge is 0.278 e. The summed E-state index contributed by atoms with van der Waals surface area (Å²) < 4.78 is 0. The molecule has 0 fully saturated rings. The van der Waals surface area contributed by atoms with Crippen LogP contribution in [0.15, 0.2) is 24.7 Å². The van der Waals surface area contributed by atoms with E-state index in [0.717, 1.165) is 11.4 Å². The second-order valence-electron chi connectivity index (χ2n) is 3.52. The first-order chi connectivity index (χ1) is 8.15. The molecule has 2 aromatic heterocycles. The molecule has 0 spiro atoms. The van der Waals surface area contributed by atoms with Gasteiger partial charge in [-0.25, -0.2) is 15.0 Å². The molecule has 2 rings (SSSR count). The molecule has 1 amide bonds. The molecule has 17 heavy (non-hydrogen) atoms. The number of nitrogens with zero attached hydrogens (tertiary/aromatic N) is 4. The van der Waals surface area contributed by atoms with Gasteiger partial charge in [0, 0.05) is 23.8 Å². The molecule has 1 N–H and O–H groups in total. The fraction of sp³-hybridized carbons (Fsp3) is 0.182. The van der Waals surface area contributed by atoms with Crippen molar-refractivity contribution < 1.29 is 4.79 Å². The van der Waals surface area contributed by atoms with Crippen LogP contribution >= 0.6 is 0 Å². The monoisotopic (exact) mass is 229 g/mol. The maximum Gasteiger partial charge on any atom is 0.278 e. The van der Waals surface area contributed by atoms with Crippen LogP contribution in [-0.2, 0) is 0 Å². The number of aromatic nitrogens is 4. The first-order valence-corrected chi connectivity index (χ1v) is 5.05. The molecule has 0 saturated carbocycles. The lowest BCUT2D eigenvalue weighted by molar-refractivity contribution is 0.102. The lowest BCUT2D eigenvalue weighted by Gasteiger charge is -2.04. The van der Waals surface area contributed by atoms with Gasteiger partial charge in [0.1, 0.15) is 5.69 Å². The molecule has 6 nitrogen and oxygen atoms in total. The van der Waals surface area contributed by atoms with Gasteiger partial charge in [-0.15, -0.1) is 0 Å². The molecule has 0 aliphatic heterocycles. The summed E-state index contributed by atoms with van der Waals surface area (Å²) in [7, 11) is 0. The molecule has 0 aliphatic rings. The van der Waals surface area contributed by atoms with Crippen molar-refractivity contribution in [3.8, 4) is 0 Å². The SMILES string of the molecule is Cc1cc(C)nc(NC(=O)c2cnccn2)n1. The van der Waals surface area contributed by atoms with E-state index >= 15 is 0 Å². The molecular weight excluding hydrogens is 218 g/mol. The molecule has 0 aliphatic carbocycles. The Labute approximate surface area is 98.2 Å². The van der Waals surface area contributed by atoms with Crippen molar-refractivity contribution in [2.75, 3.05) is 5.32 Å². The first kappa shape index (κ1) is 11.1. The number of carbonyl (C=O) groups excluding carboxylic acids is 1. The topological polar surface area (TPSA) is 80.7 Å². The van der Waals surface area contributed by atoms with Crippen molar-refractivity contribution in [2.24, 2.45) is 0 Å². The summed E-state index contributed by atoms with van der Waals surface area (Å²) in [6, 6.07) is 1.83. The van der Waals surface area contributed by atoms with Crippen LogP contribution in [-0.4, -0.2) is 25.8 Å². The predicted octanol–water partition coefficient (Wildman–Crippen LogP) is 1.14. The first-order valence-electron chi connectivity index (χ1n) is 5.05. The summed E-state index contributed by atoms with van der Waals surface area (Å²) >= 11 is 0. The number of hydrogen-bond donors (Lipinski definition) is 1. The molecule has 0 aromatic carbocycles. The average Bonchev–Trinajstić information content (AvgIpc) is 2.28. The Balaban J connectivity index is 2.19. The standard InChI is InChI=1S/C11H11N5O/c1-7-5-8(2)15-11(14-7)16-10(17)9-6-12-3-4-13-9/h3-6H,1-2H3,(H,14,15,16,17). The fourth-order valence-electron chi connectivity index (χ4n) is 1.36. The van der Waals surface area contributed by atoms with Gasteiger partial charge in [0.15, 0.2) is 0 Å². The number of hydrogen-bond acceptors (Lipinski definition) is 5. The van der Waals surface area contributed by atoms with E-state index in [2.05, 4.69) is 25.3 Å². The number of carbonyl (C=O) groups is 1. The van der Waals surface area contributed by atoms with Crippen LogP contribution in [0.25, 0.3) is 0 Å². The number of anilines is 1. The van der Waals surface area contributed by atoms with Gasteiger partial charge in [-0.05, 0) is 19.9 Å². The highest BCUT2D eigenvalue weighted by Gasteiger charge is 2.09. The lowest BCUT2D eigenvalue weighted by atomic mass is 10.3. The number of nitrogens with one attached hydrogen (secondary N) is 1. The summed E-state index contributed by atoms with van der Waals surface area (Å²) in [5, 5.41) is 2.58. The van der Waals surface area contributed by atoms with Crippen molar-refractivity contribution in [1.82, 2.24) is 19.9 Å². The van der Waals surface area contributed by atoms with Crippen LogP contribution in [0, 0.1) is 13.8 Å². The Kier molecular flexibility index (Phi) is 3.04. The normalized spacial score (nSPS) is 10.0. The molecule has 0 saturated heterocycles. The van der Waals surface area contributed by atoms with Crippen molar-refractivity contribution in [3.63, 3.8) is 0 Å². The summed E-state index contributed by atoms with van der Waals surface area (Å²) in [5.41, 5.74) is 1.83. The molecule has 6 heteroatoms. The van der Waals surface area contributed by atoms with Crippen LogP contribution in [0.4, 0.5) is 5.95 Å². The van der Waals surface area contributed by atoms with E-state index in [9.17, 15) is 4.79 Å². The molecule has 86 valence electrons. The van der Waals surface area contributed by atoms with Crippen molar-refractivity contribution in [3.05, 3.63) is 41.7 Å². The van der Waals surface area contributed by atoms with E-state index in [0.29, 0.717) is 0 Å². The zero-order chi connectivity index (χ0) is 12.3. The quantitative estimate of drug-likeness (QED) is 0.835. The third-order valence-electron chi connectivity index (χ3n) is 2.00. The Bertz CT molecular complexity index is 521. The molecule has 0 radical (unpaired) electrons. The van der Waals surface area contributed by atoms with Crippen LogP contribution < -0.4 is 5.32 Å². The zero-order valence-electron chi connectivity index (χ0n) is 9.51. The molecule has 0 unspecified atom stereocenters. The van der Waals surface area contributed by atoms with Crippen molar-refractivity contribution in [1.29, 1.82) is 0 Å². The van der Waals surface area contributed by atoms with E-state index in [4.69, 9.17) is 0 Å². The van der Waals surface area contributed by atoms with Gasteiger partial charge in [0.05, 0.1) is 6.20 Å². The van der Waals surface area contributed by atoms with E-state index in [-0.39, 0.29) is 17.5 Å². The van der Waals surface area contributed by atoms with Crippen LogP contribution in [0.2, 0.25) is 0 Å². The molecule has 2 aromatic rings. The van der Waals surface area contributed by atoms with Gasteiger partial charge in [-0.3, -0.25) is 15.1 Å². The van der Waals surface area contributed by atoms with Crippen LogP contribution in [0.5, 0.6) is 0 Å². The number of amides is 1. The van der Waals surface area contributed by atoms with Gasteiger partial charge in [0.2, 0.25) is 5.95 Å². The molecule has 0 atom stereocenters. The highest BCUT2D eigenvalue weighted by Crippen LogP contribution is 2.05. The molecule has 0 bridgehead atoms. The van der Waals surface area contributed by atoms with E-state index < -0.39 is 0 Å². The van der Waals surface area contributed by atoms with E-state index in [1.54, 1.807) is 0 Å². The Hall–Kier alpha value is -2.37. The van der Waals surface area contributed by atoms with Gasteiger partial charge >= 0.3 is 0 Å². The Morgan fingerprint density at radius 2 is 1.88 bits per heavy atom. The lowest BCUT2D eigenvalue weighted by Crippen LogP contribution is -2.16. The maximum absolute atomic E-state index is 11.7. The fourth-order valence-corrected chi connectivity index (χ4v) is 1.36. The highest BCUT2D eigenvalue weighted by atomic mass is 16.2. The number of aryl methyl sites for hydroxylation is 2. The summed E-state index contributed by atoms with van der Waals surface area (Å²) in [4.78, 5) is 27.7. The minimum Gasteiger partial charge on any atom is -0.289 e. The largest absolute Gasteiger partial charge is 0.289 e. The second kappa shape index (κ2) is 4.65. The minimum atomic E-state index is -0.372. The van der Waals surface area contributed by atoms with Crippen molar-refractivity contribution >= 4 is 11.9 Å². The van der Waals surface area contributed by atoms with Gasteiger partial charge in [-0.1, -0.05) is 0 Å². The third kappa shape index (κ3) is 2.81. The predicted molar refractivity (Wildman–Crippen MR) is 61.5 cm³/mol. The summed E-state index contributed by atoms with van der Waals surface area (Å²) in [6.45, 7) is 3.68. The summed E-state index contributed by atoms with van der Waals surface area (Å²) in [5.74, 6) is -0.0961. The van der Waals surface area contributed by atoms with Crippen molar-refractivity contribution in [2.45, 2.75) is 13.8 Å². The molecule has 2 heterocycles. The van der Waals surface area contributed by atoms with Gasteiger partial charge in [0.25, 0.3) is 5.91 Å². The van der Waals surface area contributed by atoms with E-state index in [1.165, 1.54) is 18.6 Å². The highest BCUT2D eigenvalue weighted by molar-refractivity contribution is 6.01.